The molecule has 0 amide bonds. The molecule has 3 rings (SSSR count). The van der Waals surface area contributed by atoms with Crippen LogP contribution in [0.5, 0.6) is 11.5 Å². The van der Waals surface area contributed by atoms with Gasteiger partial charge in [0.05, 0.1) is 4.83 Å². The Bertz CT molecular complexity index is 629. The fourth-order valence-electron chi connectivity index (χ4n) is 2.09. The summed E-state index contributed by atoms with van der Waals surface area (Å²) >= 11 is 9.70. The molecule has 1 aliphatic rings. The lowest BCUT2D eigenvalue weighted by Crippen LogP contribution is -2.15. The molecule has 1 atom stereocenters. The Balaban J connectivity index is 1.98. The van der Waals surface area contributed by atoms with E-state index in [1.807, 2.05) is 12.1 Å². The molecule has 0 N–H and O–H groups in total. The molecule has 0 bridgehead atoms. The van der Waals surface area contributed by atoms with Gasteiger partial charge in [0, 0.05) is 8.04 Å². The smallest absolute Gasteiger partial charge is 0.162 e. The predicted octanol–water partition coefficient (Wildman–Crippen LogP) is 5.31. The summed E-state index contributed by atoms with van der Waals surface area (Å²) in [4.78, 5) is 0.115. The van der Waals surface area contributed by atoms with Crippen molar-refractivity contribution in [2.75, 3.05) is 13.2 Å². The third kappa shape index (κ3) is 2.99. The molecule has 0 aromatic heterocycles. The highest BCUT2D eigenvalue weighted by Gasteiger charge is 2.19. The van der Waals surface area contributed by atoms with E-state index in [1.165, 1.54) is 9.13 Å². The molecular weight excluding hydrogens is 499 g/mol. The highest BCUT2D eigenvalue weighted by atomic mass is 127. The monoisotopic (exact) mass is 508 g/mol. The minimum atomic E-state index is 0.115. The van der Waals surface area contributed by atoms with Crippen molar-refractivity contribution < 1.29 is 9.47 Å². The van der Waals surface area contributed by atoms with Gasteiger partial charge in [0.1, 0.15) is 13.2 Å². The quantitative estimate of drug-likeness (QED) is 0.403. The maximum Gasteiger partial charge on any atom is 0.162 e. The fourth-order valence-corrected chi connectivity index (χ4v) is 3.99. The van der Waals surface area contributed by atoms with Crippen LogP contribution in [-0.2, 0) is 0 Å². The van der Waals surface area contributed by atoms with E-state index in [0.29, 0.717) is 13.2 Å². The van der Waals surface area contributed by atoms with Gasteiger partial charge in [0.15, 0.2) is 11.5 Å². The van der Waals surface area contributed by atoms with Gasteiger partial charge in [-0.15, -0.1) is 0 Å². The minimum Gasteiger partial charge on any atom is -0.486 e. The van der Waals surface area contributed by atoms with Crippen molar-refractivity contribution in [1.29, 1.82) is 0 Å². The molecule has 0 radical (unpaired) electrons. The number of halogens is 3. The topological polar surface area (TPSA) is 18.5 Å². The van der Waals surface area contributed by atoms with Crippen molar-refractivity contribution in [3.8, 4) is 11.5 Å². The minimum absolute atomic E-state index is 0.115. The molecule has 104 valence electrons. The molecule has 2 aromatic carbocycles. The summed E-state index contributed by atoms with van der Waals surface area (Å²) in [5.41, 5.74) is 2.35. The zero-order chi connectivity index (χ0) is 14.1. The highest BCUT2D eigenvalue weighted by Crippen LogP contribution is 2.42. The SMILES string of the molecule is Brc1cc2c(cc1C(Br)c1ccc(I)cc1)OCCO2. The van der Waals surface area contributed by atoms with Crippen molar-refractivity contribution in [2.45, 2.75) is 4.83 Å². The summed E-state index contributed by atoms with van der Waals surface area (Å²) in [6, 6.07) is 12.5. The first kappa shape index (κ1) is 14.7. The van der Waals surface area contributed by atoms with E-state index in [0.717, 1.165) is 21.5 Å². The van der Waals surface area contributed by atoms with Gasteiger partial charge < -0.3 is 9.47 Å². The maximum atomic E-state index is 5.66. The van der Waals surface area contributed by atoms with Crippen LogP contribution < -0.4 is 9.47 Å². The first-order valence-electron chi connectivity index (χ1n) is 6.14. The number of alkyl halides is 1. The molecule has 0 aliphatic carbocycles. The van der Waals surface area contributed by atoms with Crippen molar-refractivity contribution >= 4 is 54.5 Å². The molecule has 0 fully saturated rings. The molecule has 2 aromatic rings. The van der Waals surface area contributed by atoms with E-state index >= 15 is 0 Å². The second-order valence-corrected chi connectivity index (χ2v) is 7.45. The lowest BCUT2D eigenvalue weighted by atomic mass is 10.0. The number of ether oxygens (including phenoxy) is 2. The molecule has 0 saturated carbocycles. The second-order valence-electron chi connectivity index (χ2n) is 4.43. The summed E-state index contributed by atoms with van der Waals surface area (Å²) in [6.45, 7) is 1.21. The van der Waals surface area contributed by atoms with E-state index < -0.39 is 0 Å². The standard InChI is InChI=1S/C15H11Br2IO2/c16-12-8-14-13(19-5-6-20-14)7-11(12)15(17)9-1-3-10(18)4-2-9/h1-4,7-8,15H,5-6H2. The summed E-state index contributed by atoms with van der Waals surface area (Å²) in [6.07, 6.45) is 0. The lowest BCUT2D eigenvalue weighted by Gasteiger charge is -2.21. The van der Waals surface area contributed by atoms with Crippen molar-refractivity contribution in [3.63, 3.8) is 0 Å². The largest absolute Gasteiger partial charge is 0.486 e. The van der Waals surface area contributed by atoms with Crippen LogP contribution in [0.25, 0.3) is 0 Å². The second kappa shape index (κ2) is 6.23. The van der Waals surface area contributed by atoms with E-state index in [9.17, 15) is 0 Å². The number of fused-ring (bicyclic) bond motifs is 1. The van der Waals surface area contributed by atoms with Gasteiger partial charge in [0.2, 0.25) is 0 Å². The van der Waals surface area contributed by atoms with Gasteiger partial charge in [-0.25, -0.2) is 0 Å². The van der Waals surface area contributed by atoms with E-state index in [1.54, 1.807) is 0 Å². The van der Waals surface area contributed by atoms with Crippen LogP contribution in [0.2, 0.25) is 0 Å². The first-order valence-corrected chi connectivity index (χ1v) is 8.92. The molecule has 0 spiro atoms. The van der Waals surface area contributed by atoms with E-state index in [4.69, 9.17) is 9.47 Å². The Morgan fingerprint density at radius 1 is 1.00 bits per heavy atom. The summed E-state index contributed by atoms with van der Waals surface area (Å²) < 4.78 is 13.5. The van der Waals surface area contributed by atoms with Gasteiger partial charge >= 0.3 is 0 Å². The molecular formula is C15H11Br2IO2. The summed E-state index contributed by atoms with van der Waals surface area (Å²) in [7, 11) is 0. The summed E-state index contributed by atoms with van der Waals surface area (Å²) in [5, 5.41) is 0. The summed E-state index contributed by atoms with van der Waals surface area (Å²) in [5.74, 6) is 1.61. The number of benzene rings is 2. The van der Waals surface area contributed by atoms with Crippen molar-refractivity contribution in [3.05, 3.63) is 55.6 Å². The van der Waals surface area contributed by atoms with Gasteiger partial charge in [-0.3, -0.25) is 0 Å². The van der Waals surface area contributed by atoms with E-state index in [-0.39, 0.29) is 4.83 Å². The van der Waals surface area contributed by atoms with Gasteiger partial charge in [-0.05, 0) is 58.0 Å². The van der Waals surface area contributed by atoms with Gasteiger partial charge in [0.25, 0.3) is 0 Å². The third-order valence-corrected chi connectivity index (χ3v) is 5.53. The highest BCUT2D eigenvalue weighted by molar-refractivity contribution is 14.1. The van der Waals surface area contributed by atoms with Crippen LogP contribution in [0.1, 0.15) is 16.0 Å². The van der Waals surface area contributed by atoms with E-state index in [2.05, 4.69) is 78.7 Å². The Labute approximate surface area is 148 Å². The van der Waals surface area contributed by atoms with Crippen LogP contribution in [0.3, 0.4) is 0 Å². The number of hydrogen-bond donors (Lipinski definition) is 0. The van der Waals surface area contributed by atoms with Crippen LogP contribution in [0.15, 0.2) is 40.9 Å². The third-order valence-electron chi connectivity index (χ3n) is 3.10. The zero-order valence-corrected chi connectivity index (χ0v) is 15.7. The van der Waals surface area contributed by atoms with Crippen molar-refractivity contribution in [2.24, 2.45) is 0 Å². The number of rotatable bonds is 2. The molecule has 5 heteroatoms. The Morgan fingerprint density at radius 2 is 1.60 bits per heavy atom. The molecule has 1 aliphatic heterocycles. The van der Waals surface area contributed by atoms with Crippen LogP contribution in [0, 0.1) is 3.57 Å². The molecule has 0 saturated heterocycles. The maximum absolute atomic E-state index is 5.66. The zero-order valence-electron chi connectivity index (χ0n) is 10.4. The molecule has 2 nitrogen and oxygen atoms in total. The molecule has 1 heterocycles. The Hall–Kier alpha value is -0.270. The van der Waals surface area contributed by atoms with Crippen molar-refractivity contribution in [1.82, 2.24) is 0 Å². The molecule has 1 unspecified atom stereocenters. The van der Waals surface area contributed by atoms with Crippen LogP contribution >= 0.6 is 54.5 Å². The predicted molar refractivity (Wildman–Crippen MR) is 95.1 cm³/mol. The van der Waals surface area contributed by atoms with Crippen LogP contribution in [0.4, 0.5) is 0 Å². The first-order chi connectivity index (χ1) is 9.65. The molecule has 20 heavy (non-hydrogen) atoms. The Kier molecular flexibility index (Phi) is 4.57. The average molecular weight is 510 g/mol. The average Bonchev–Trinajstić information content (AvgIpc) is 2.46. The van der Waals surface area contributed by atoms with Gasteiger partial charge in [-0.2, -0.15) is 0 Å². The normalized spacial score (nSPS) is 14.9. The lowest BCUT2D eigenvalue weighted by molar-refractivity contribution is 0.171. The van der Waals surface area contributed by atoms with Crippen LogP contribution in [-0.4, -0.2) is 13.2 Å². The fraction of sp³-hybridized carbons (Fsp3) is 0.200. The van der Waals surface area contributed by atoms with Gasteiger partial charge in [-0.1, -0.05) is 44.0 Å². The Morgan fingerprint density at radius 3 is 2.25 bits per heavy atom. The number of hydrogen-bond acceptors (Lipinski definition) is 2.